The van der Waals surface area contributed by atoms with E-state index >= 15 is 0 Å². The van der Waals surface area contributed by atoms with Crippen LogP contribution in [0.25, 0.3) is 0 Å². The molecule has 0 aromatic heterocycles. The minimum Gasteiger partial charge on any atom is -0.319 e. The van der Waals surface area contributed by atoms with Gasteiger partial charge in [0.1, 0.15) is 6.54 Å². The van der Waals surface area contributed by atoms with Gasteiger partial charge in [-0.3, -0.25) is 14.5 Å². The van der Waals surface area contributed by atoms with Crippen LogP contribution in [-0.2, 0) is 21.5 Å². The number of imide groups is 1. The summed E-state index contributed by atoms with van der Waals surface area (Å²) in [7, 11) is 0. The molecule has 1 aliphatic rings. The van der Waals surface area contributed by atoms with Crippen LogP contribution >= 0.6 is 0 Å². The fourth-order valence-corrected chi connectivity index (χ4v) is 4.49. The van der Waals surface area contributed by atoms with Crippen molar-refractivity contribution in [2.24, 2.45) is 0 Å². The molecule has 1 atom stereocenters. The second kappa shape index (κ2) is 10.4. The molecule has 0 aliphatic carbocycles. The number of hydrogen-bond acceptors (Lipinski definition) is 4. The quantitative estimate of drug-likeness (QED) is 0.488. The number of carbonyl (C=O) groups is 3. The maximum Gasteiger partial charge on any atom is 0.325 e. The minimum absolute atomic E-state index is 0.126. The molecule has 3 aromatic rings. The third kappa shape index (κ3) is 4.84. The van der Waals surface area contributed by atoms with E-state index in [1.807, 2.05) is 80.6 Å². The molecule has 1 saturated heterocycles. The summed E-state index contributed by atoms with van der Waals surface area (Å²) in [4.78, 5) is 42.9. The van der Waals surface area contributed by atoms with Crippen molar-refractivity contribution >= 4 is 23.5 Å². The van der Waals surface area contributed by atoms with Crippen molar-refractivity contribution in [2.45, 2.75) is 32.2 Å². The lowest BCUT2D eigenvalue weighted by molar-refractivity contribution is -0.134. The van der Waals surface area contributed by atoms with Crippen molar-refractivity contribution < 1.29 is 14.4 Å². The highest BCUT2D eigenvalue weighted by atomic mass is 16.2. The largest absolute Gasteiger partial charge is 0.325 e. The molecule has 1 unspecified atom stereocenters. The monoisotopic (exact) mass is 480 g/mol. The van der Waals surface area contributed by atoms with Crippen LogP contribution < -0.4 is 10.2 Å². The molecule has 0 bridgehead atoms. The first kappa shape index (κ1) is 24.7. The van der Waals surface area contributed by atoms with Crippen LogP contribution in [0.15, 0.2) is 78.9 Å². The highest BCUT2D eigenvalue weighted by molar-refractivity contribution is 6.11. The summed E-state index contributed by atoms with van der Waals surface area (Å²) in [6.45, 7) is 3.66. The number of nitrogens with zero attached hydrogens (tertiary/aromatic N) is 3. The van der Waals surface area contributed by atoms with Gasteiger partial charge >= 0.3 is 6.03 Å². The van der Waals surface area contributed by atoms with Crippen molar-refractivity contribution in [3.05, 3.63) is 101 Å². The van der Waals surface area contributed by atoms with Crippen molar-refractivity contribution in [1.29, 1.82) is 5.26 Å². The van der Waals surface area contributed by atoms with Gasteiger partial charge in [-0.25, -0.2) is 4.79 Å². The molecule has 3 aromatic carbocycles. The normalized spacial score (nSPS) is 17.0. The zero-order valence-corrected chi connectivity index (χ0v) is 20.4. The highest BCUT2D eigenvalue weighted by Gasteiger charge is 2.53. The van der Waals surface area contributed by atoms with E-state index < -0.39 is 29.9 Å². The van der Waals surface area contributed by atoms with Crippen LogP contribution in [0.1, 0.15) is 28.7 Å². The number of urea groups is 1. The maximum atomic E-state index is 13.9. The Hall–Kier alpha value is -4.44. The van der Waals surface area contributed by atoms with Crippen molar-refractivity contribution in [1.82, 2.24) is 10.2 Å². The second-order valence-electron chi connectivity index (χ2n) is 8.98. The molecule has 1 N–H and O–H groups in total. The number of rotatable bonds is 8. The number of nitriles is 1. The standard InChI is InChI=1S/C29H28N4O3/c1-21-14-15-25(18-22(21)2)32(17-9-16-30)26(34)20-33-27(35)29(31-28(33)36,24-12-7-4-8-13-24)19-23-10-5-3-6-11-23/h3-8,10-15,18H,9,17,19-20H2,1-2H3,(H,31,36). The number of hydrogen-bond donors (Lipinski definition) is 1. The van der Waals surface area contributed by atoms with Gasteiger partial charge in [0.25, 0.3) is 5.91 Å². The topological polar surface area (TPSA) is 93.5 Å². The Morgan fingerprint density at radius 1 is 0.972 bits per heavy atom. The lowest BCUT2D eigenvalue weighted by Crippen LogP contribution is -2.47. The Morgan fingerprint density at radius 3 is 2.28 bits per heavy atom. The van der Waals surface area contributed by atoms with Crippen LogP contribution in [-0.4, -0.2) is 35.8 Å². The fourth-order valence-electron chi connectivity index (χ4n) is 4.49. The first-order valence-corrected chi connectivity index (χ1v) is 11.8. The van der Waals surface area contributed by atoms with Gasteiger partial charge in [-0.1, -0.05) is 66.7 Å². The molecule has 1 aliphatic heterocycles. The Morgan fingerprint density at radius 2 is 1.64 bits per heavy atom. The summed E-state index contributed by atoms with van der Waals surface area (Å²) >= 11 is 0. The average Bonchev–Trinajstić information content (AvgIpc) is 3.12. The summed E-state index contributed by atoms with van der Waals surface area (Å²) in [6.07, 6.45) is 0.378. The SMILES string of the molecule is Cc1ccc(N(CCC#N)C(=O)CN2C(=O)NC(Cc3ccccc3)(c3ccccc3)C2=O)cc1C. The first-order valence-electron chi connectivity index (χ1n) is 11.8. The van der Waals surface area contributed by atoms with E-state index in [2.05, 4.69) is 11.4 Å². The lowest BCUT2D eigenvalue weighted by Gasteiger charge is -2.28. The predicted molar refractivity (Wildman–Crippen MR) is 137 cm³/mol. The van der Waals surface area contributed by atoms with E-state index in [0.29, 0.717) is 11.3 Å². The third-order valence-corrected chi connectivity index (χ3v) is 6.60. The number of nitrogens with one attached hydrogen (secondary N) is 1. The van der Waals surface area contributed by atoms with Gasteiger partial charge in [0.15, 0.2) is 5.54 Å². The van der Waals surface area contributed by atoms with E-state index in [9.17, 15) is 14.4 Å². The van der Waals surface area contributed by atoms with E-state index in [1.54, 1.807) is 12.1 Å². The van der Waals surface area contributed by atoms with Gasteiger partial charge in [0.05, 0.1) is 12.5 Å². The first-order chi connectivity index (χ1) is 17.4. The van der Waals surface area contributed by atoms with Gasteiger partial charge in [-0.05, 0) is 48.2 Å². The minimum atomic E-state index is -1.32. The van der Waals surface area contributed by atoms with Crippen molar-refractivity contribution in [3.63, 3.8) is 0 Å². The Kier molecular flexibility index (Phi) is 7.16. The van der Waals surface area contributed by atoms with E-state index in [-0.39, 0.29) is 19.4 Å². The molecule has 0 saturated carbocycles. The van der Waals surface area contributed by atoms with Gasteiger partial charge in [0, 0.05) is 18.7 Å². The zero-order chi connectivity index (χ0) is 25.7. The number of aryl methyl sites for hydroxylation is 2. The molecular formula is C29H28N4O3. The molecule has 0 spiro atoms. The molecule has 7 nitrogen and oxygen atoms in total. The molecular weight excluding hydrogens is 452 g/mol. The van der Waals surface area contributed by atoms with E-state index in [4.69, 9.17) is 5.26 Å². The van der Waals surface area contributed by atoms with Gasteiger partial charge < -0.3 is 10.2 Å². The Labute approximate surface area is 211 Å². The number of benzene rings is 3. The Bertz CT molecular complexity index is 1320. The average molecular weight is 481 g/mol. The fraction of sp³-hybridized carbons (Fsp3) is 0.241. The predicted octanol–water partition coefficient (Wildman–Crippen LogP) is 4.24. The van der Waals surface area contributed by atoms with E-state index in [1.165, 1.54) is 4.90 Å². The summed E-state index contributed by atoms with van der Waals surface area (Å²) in [6, 6.07) is 25.6. The maximum absolute atomic E-state index is 13.9. The zero-order valence-electron chi connectivity index (χ0n) is 20.4. The van der Waals surface area contributed by atoms with Gasteiger partial charge in [0.2, 0.25) is 5.91 Å². The summed E-state index contributed by atoms with van der Waals surface area (Å²) < 4.78 is 0. The van der Waals surface area contributed by atoms with Crippen LogP contribution in [0.2, 0.25) is 0 Å². The van der Waals surface area contributed by atoms with Gasteiger partial charge in [-0.15, -0.1) is 0 Å². The molecule has 0 radical (unpaired) electrons. The van der Waals surface area contributed by atoms with Gasteiger partial charge in [-0.2, -0.15) is 5.26 Å². The lowest BCUT2D eigenvalue weighted by atomic mass is 9.83. The summed E-state index contributed by atoms with van der Waals surface area (Å²) in [5, 5.41) is 12.0. The molecule has 7 heteroatoms. The van der Waals surface area contributed by atoms with Crippen LogP contribution in [0.4, 0.5) is 10.5 Å². The Balaban J connectivity index is 1.65. The molecule has 4 rings (SSSR count). The summed E-state index contributed by atoms with van der Waals surface area (Å²) in [5.74, 6) is -0.906. The van der Waals surface area contributed by atoms with Crippen molar-refractivity contribution in [3.8, 4) is 6.07 Å². The number of amides is 4. The highest BCUT2D eigenvalue weighted by Crippen LogP contribution is 2.33. The van der Waals surface area contributed by atoms with E-state index in [0.717, 1.165) is 21.6 Å². The smallest absolute Gasteiger partial charge is 0.319 e. The number of carbonyl (C=O) groups excluding carboxylic acids is 3. The molecule has 4 amide bonds. The summed E-state index contributed by atoms with van der Waals surface area (Å²) in [5.41, 5.74) is 2.92. The number of anilines is 1. The van der Waals surface area contributed by atoms with Crippen molar-refractivity contribution in [2.75, 3.05) is 18.0 Å². The molecule has 36 heavy (non-hydrogen) atoms. The van der Waals surface area contributed by atoms with Crippen LogP contribution in [0.3, 0.4) is 0 Å². The van der Waals surface area contributed by atoms with Crippen LogP contribution in [0, 0.1) is 25.2 Å². The second-order valence-corrected chi connectivity index (χ2v) is 8.98. The molecule has 1 fully saturated rings. The third-order valence-electron chi connectivity index (χ3n) is 6.60. The van der Waals surface area contributed by atoms with Crippen LogP contribution in [0.5, 0.6) is 0 Å². The molecule has 1 heterocycles. The molecule has 182 valence electrons.